The number of aryl methyl sites for hydroxylation is 1. The molecule has 0 fully saturated rings. The van der Waals surface area contributed by atoms with E-state index in [0.29, 0.717) is 11.6 Å². The van der Waals surface area contributed by atoms with Crippen LogP contribution in [0, 0.1) is 0 Å². The van der Waals surface area contributed by atoms with Crippen molar-refractivity contribution in [3.63, 3.8) is 0 Å². The van der Waals surface area contributed by atoms with E-state index in [1.807, 2.05) is 30.3 Å². The van der Waals surface area contributed by atoms with Crippen LogP contribution in [-0.2, 0) is 6.42 Å². The molecule has 0 atom stereocenters. The van der Waals surface area contributed by atoms with E-state index in [2.05, 4.69) is 65.7 Å². The van der Waals surface area contributed by atoms with Crippen molar-refractivity contribution in [2.24, 2.45) is 5.10 Å². The molecule has 7 heteroatoms. The molecular weight excluding hydrogens is 380 g/mol. The fourth-order valence-corrected chi connectivity index (χ4v) is 2.96. The summed E-state index contributed by atoms with van der Waals surface area (Å²) in [4.78, 5) is 7.67. The molecule has 4 rings (SSSR count). The summed E-state index contributed by atoms with van der Waals surface area (Å²) in [6.45, 7) is 2.13. The average molecular weight is 395 g/mol. The number of aromatic amines is 1. The average Bonchev–Trinajstić information content (AvgIpc) is 2.99. The van der Waals surface area contributed by atoms with Gasteiger partial charge in [0.1, 0.15) is 5.52 Å². The molecule has 0 bridgehead atoms. The fourth-order valence-electron chi connectivity index (χ4n) is 2.59. The van der Waals surface area contributed by atoms with Gasteiger partial charge in [0.25, 0.3) is 5.95 Å². The van der Waals surface area contributed by atoms with Crippen LogP contribution in [0.25, 0.3) is 22.1 Å². The highest BCUT2D eigenvalue weighted by Crippen LogP contribution is 2.25. The normalized spacial score (nSPS) is 11.6. The van der Waals surface area contributed by atoms with Crippen molar-refractivity contribution >= 4 is 50.2 Å². The topological polar surface area (TPSA) is 78.8 Å². The molecule has 0 unspecified atom stereocenters. The van der Waals surface area contributed by atoms with Crippen molar-refractivity contribution in [2.75, 3.05) is 5.43 Å². The van der Waals surface area contributed by atoms with Crippen molar-refractivity contribution in [3.05, 3.63) is 58.1 Å². The van der Waals surface area contributed by atoms with Gasteiger partial charge in [-0.2, -0.15) is 10.1 Å². The number of aromatic nitrogens is 4. The fraction of sp³-hybridized carbons (Fsp3) is 0.111. The molecule has 0 saturated heterocycles. The molecule has 124 valence electrons. The molecule has 4 aromatic rings. The quantitative estimate of drug-likeness (QED) is 0.399. The van der Waals surface area contributed by atoms with Crippen LogP contribution in [0.1, 0.15) is 18.1 Å². The van der Waals surface area contributed by atoms with Crippen molar-refractivity contribution < 1.29 is 0 Å². The number of hydrazone groups is 1. The standard InChI is InChI=1S/C18H15BrN6/c1-2-11-3-5-12(6-4-11)10-20-24-18-22-17-16(23-25-18)14-9-13(19)7-8-15(14)21-17/h3-10H,2H2,1H3,(H2,21,22,24,25)/b20-10+. The molecule has 25 heavy (non-hydrogen) atoms. The van der Waals surface area contributed by atoms with Gasteiger partial charge in [-0.3, -0.25) is 0 Å². The molecule has 0 saturated carbocycles. The number of H-pyrrole nitrogens is 1. The number of hydrogen-bond acceptors (Lipinski definition) is 5. The molecular formula is C18H15BrN6. The summed E-state index contributed by atoms with van der Waals surface area (Å²) in [6.07, 6.45) is 2.76. The Hall–Kier alpha value is -2.80. The van der Waals surface area contributed by atoms with Crippen LogP contribution in [-0.4, -0.2) is 26.4 Å². The van der Waals surface area contributed by atoms with Gasteiger partial charge in [0, 0.05) is 15.4 Å². The van der Waals surface area contributed by atoms with E-state index < -0.39 is 0 Å². The summed E-state index contributed by atoms with van der Waals surface area (Å²) in [6, 6.07) is 14.2. The minimum absolute atomic E-state index is 0.347. The molecule has 0 aliphatic heterocycles. The number of nitrogens with one attached hydrogen (secondary N) is 2. The smallest absolute Gasteiger partial charge is 0.265 e. The highest BCUT2D eigenvalue weighted by atomic mass is 79.9. The monoisotopic (exact) mass is 394 g/mol. The molecule has 0 aliphatic rings. The highest BCUT2D eigenvalue weighted by Gasteiger charge is 2.09. The van der Waals surface area contributed by atoms with Gasteiger partial charge >= 0.3 is 0 Å². The lowest BCUT2D eigenvalue weighted by Gasteiger charge is -1.98. The predicted octanol–water partition coefficient (Wildman–Crippen LogP) is 4.28. The van der Waals surface area contributed by atoms with Crippen LogP contribution in [0.5, 0.6) is 0 Å². The van der Waals surface area contributed by atoms with E-state index in [1.54, 1.807) is 6.21 Å². The summed E-state index contributed by atoms with van der Waals surface area (Å²) < 4.78 is 0.989. The Morgan fingerprint density at radius 3 is 2.80 bits per heavy atom. The first-order valence-electron chi connectivity index (χ1n) is 7.92. The summed E-state index contributed by atoms with van der Waals surface area (Å²) in [7, 11) is 0. The number of anilines is 1. The van der Waals surface area contributed by atoms with Gasteiger partial charge in [0.2, 0.25) is 0 Å². The minimum Gasteiger partial charge on any atom is -0.338 e. The maximum absolute atomic E-state index is 4.43. The zero-order valence-corrected chi connectivity index (χ0v) is 15.1. The zero-order valence-electron chi connectivity index (χ0n) is 13.5. The van der Waals surface area contributed by atoms with Gasteiger partial charge in [-0.25, -0.2) is 5.43 Å². The Labute approximate surface area is 152 Å². The Kier molecular flexibility index (Phi) is 4.15. The molecule has 0 radical (unpaired) electrons. The van der Waals surface area contributed by atoms with Gasteiger partial charge in [0.15, 0.2) is 5.65 Å². The first kappa shape index (κ1) is 15.7. The number of halogens is 1. The van der Waals surface area contributed by atoms with E-state index in [9.17, 15) is 0 Å². The van der Waals surface area contributed by atoms with Gasteiger partial charge in [-0.1, -0.05) is 47.1 Å². The molecule has 0 spiro atoms. The first-order chi connectivity index (χ1) is 12.2. The molecule has 6 nitrogen and oxygen atoms in total. The van der Waals surface area contributed by atoms with Gasteiger partial charge in [0.05, 0.1) is 6.21 Å². The van der Waals surface area contributed by atoms with Crippen LogP contribution in [0.4, 0.5) is 5.95 Å². The predicted molar refractivity (Wildman–Crippen MR) is 104 cm³/mol. The lowest BCUT2D eigenvalue weighted by Crippen LogP contribution is -1.99. The summed E-state index contributed by atoms with van der Waals surface area (Å²) in [5.41, 5.74) is 7.51. The van der Waals surface area contributed by atoms with Crippen LogP contribution < -0.4 is 5.43 Å². The van der Waals surface area contributed by atoms with Gasteiger partial charge in [-0.15, -0.1) is 10.2 Å². The molecule has 0 amide bonds. The summed E-state index contributed by atoms with van der Waals surface area (Å²) in [5.74, 6) is 0.347. The highest BCUT2D eigenvalue weighted by molar-refractivity contribution is 9.10. The Balaban J connectivity index is 1.57. The zero-order chi connectivity index (χ0) is 17.2. The maximum Gasteiger partial charge on any atom is 0.265 e. The Morgan fingerprint density at radius 2 is 2.00 bits per heavy atom. The Bertz CT molecular complexity index is 1070. The third-order valence-electron chi connectivity index (χ3n) is 3.94. The molecule has 0 aliphatic carbocycles. The van der Waals surface area contributed by atoms with Crippen molar-refractivity contribution in [1.82, 2.24) is 20.2 Å². The number of hydrogen-bond donors (Lipinski definition) is 2. The van der Waals surface area contributed by atoms with Crippen LogP contribution in [0.15, 0.2) is 52.0 Å². The second-order valence-electron chi connectivity index (χ2n) is 5.61. The van der Waals surface area contributed by atoms with E-state index >= 15 is 0 Å². The minimum atomic E-state index is 0.347. The second-order valence-corrected chi connectivity index (χ2v) is 6.53. The number of nitrogens with zero attached hydrogens (tertiary/aromatic N) is 4. The van der Waals surface area contributed by atoms with E-state index in [4.69, 9.17) is 0 Å². The maximum atomic E-state index is 4.43. The lowest BCUT2D eigenvalue weighted by atomic mass is 10.1. The van der Waals surface area contributed by atoms with E-state index in [0.717, 1.165) is 32.9 Å². The Morgan fingerprint density at radius 1 is 1.16 bits per heavy atom. The first-order valence-corrected chi connectivity index (χ1v) is 8.72. The van der Waals surface area contributed by atoms with E-state index in [-0.39, 0.29) is 0 Å². The van der Waals surface area contributed by atoms with Gasteiger partial charge in [-0.05, 0) is 35.7 Å². The van der Waals surface area contributed by atoms with Crippen LogP contribution >= 0.6 is 15.9 Å². The largest absolute Gasteiger partial charge is 0.338 e. The summed E-state index contributed by atoms with van der Waals surface area (Å²) >= 11 is 3.47. The van der Waals surface area contributed by atoms with Crippen molar-refractivity contribution in [3.8, 4) is 0 Å². The lowest BCUT2D eigenvalue weighted by molar-refractivity contribution is 1.01. The van der Waals surface area contributed by atoms with Crippen LogP contribution in [0.3, 0.4) is 0 Å². The van der Waals surface area contributed by atoms with Crippen molar-refractivity contribution in [1.29, 1.82) is 0 Å². The third-order valence-corrected chi connectivity index (χ3v) is 4.44. The third kappa shape index (κ3) is 3.23. The second kappa shape index (κ2) is 6.60. The molecule has 2 heterocycles. The number of fused-ring (bicyclic) bond motifs is 3. The SMILES string of the molecule is CCc1ccc(/C=N/Nc2nnc3c(n2)[nH]c2ccc(Br)cc23)cc1. The van der Waals surface area contributed by atoms with E-state index in [1.165, 1.54) is 5.56 Å². The number of rotatable bonds is 4. The molecule has 2 aromatic carbocycles. The summed E-state index contributed by atoms with van der Waals surface area (Å²) in [5, 5.41) is 13.5. The molecule has 2 aromatic heterocycles. The number of benzene rings is 2. The van der Waals surface area contributed by atoms with Crippen molar-refractivity contribution in [2.45, 2.75) is 13.3 Å². The van der Waals surface area contributed by atoms with Crippen LogP contribution in [0.2, 0.25) is 0 Å². The van der Waals surface area contributed by atoms with Gasteiger partial charge < -0.3 is 4.98 Å². The molecule has 2 N–H and O–H groups in total.